The van der Waals surface area contributed by atoms with Crippen LogP contribution in [0.2, 0.25) is 5.02 Å². The molecule has 1 aliphatic heterocycles. The van der Waals surface area contributed by atoms with E-state index >= 15 is 0 Å². The van der Waals surface area contributed by atoms with Gasteiger partial charge in [0.15, 0.2) is 5.78 Å². The van der Waals surface area contributed by atoms with Gasteiger partial charge in [-0.05, 0) is 55.5 Å². The third-order valence-corrected chi connectivity index (χ3v) is 5.85. The Bertz CT molecular complexity index is 1090. The Balaban J connectivity index is 1.79. The number of anilines is 1. The first-order valence-electron chi connectivity index (χ1n) is 10.1. The van der Waals surface area contributed by atoms with Gasteiger partial charge in [0.05, 0.1) is 0 Å². The molecule has 0 spiro atoms. The molecule has 1 amide bonds. The second-order valence-corrected chi connectivity index (χ2v) is 8.59. The van der Waals surface area contributed by atoms with Crippen LogP contribution in [0.5, 0.6) is 0 Å². The molecule has 30 heavy (non-hydrogen) atoms. The van der Waals surface area contributed by atoms with Gasteiger partial charge in [0.1, 0.15) is 5.82 Å². The maximum absolute atomic E-state index is 13.4. The number of ketones is 1. The van der Waals surface area contributed by atoms with E-state index in [9.17, 15) is 9.59 Å². The van der Waals surface area contributed by atoms with Crippen molar-refractivity contribution in [2.75, 3.05) is 5.32 Å². The van der Waals surface area contributed by atoms with Crippen LogP contribution in [-0.2, 0) is 9.59 Å². The maximum atomic E-state index is 13.4. The summed E-state index contributed by atoms with van der Waals surface area (Å²) in [5.74, 6) is 0.0694. The zero-order valence-corrected chi connectivity index (χ0v) is 18.0. The summed E-state index contributed by atoms with van der Waals surface area (Å²) in [6.45, 7) is 5.89. The van der Waals surface area contributed by atoms with Crippen LogP contribution in [0, 0.1) is 12.8 Å². The number of benzene rings is 1. The van der Waals surface area contributed by atoms with E-state index in [1.54, 1.807) is 18.3 Å². The predicted molar refractivity (Wildman–Crippen MR) is 118 cm³/mol. The average Bonchev–Trinajstić information content (AvgIpc) is 2.68. The number of aryl methyl sites for hydroxylation is 1. The molecule has 0 saturated heterocycles. The number of halogens is 1. The van der Waals surface area contributed by atoms with E-state index in [0.29, 0.717) is 28.4 Å². The van der Waals surface area contributed by atoms with Gasteiger partial charge in [0.25, 0.3) is 5.91 Å². The first-order valence-corrected chi connectivity index (χ1v) is 10.4. The van der Waals surface area contributed by atoms with Crippen molar-refractivity contribution >= 4 is 29.1 Å². The van der Waals surface area contributed by atoms with E-state index < -0.39 is 5.92 Å². The molecule has 0 fully saturated rings. The number of pyridine rings is 1. The summed E-state index contributed by atoms with van der Waals surface area (Å²) in [5.41, 5.74) is 4.68. The van der Waals surface area contributed by atoms with Crippen LogP contribution in [-0.4, -0.2) is 16.7 Å². The molecule has 0 radical (unpaired) electrons. The highest BCUT2D eigenvalue weighted by Gasteiger charge is 2.39. The quantitative estimate of drug-likeness (QED) is 0.739. The minimum Gasteiger partial charge on any atom is -0.362 e. The Morgan fingerprint density at radius 2 is 2.00 bits per heavy atom. The molecule has 6 heteroatoms. The Morgan fingerprint density at radius 3 is 2.70 bits per heavy atom. The number of hydrogen-bond acceptors (Lipinski definition) is 4. The molecule has 1 aromatic carbocycles. The van der Waals surface area contributed by atoms with Crippen molar-refractivity contribution in [3.63, 3.8) is 0 Å². The molecule has 5 nitrogen and oxygen atoms in total. The molecule has 154 valence electrons. The van der Waals surface area contributed by atoms with Crippen LogP contribution < -0.4 is 10.6 Å². The molecule has 2 aromatic rings. The Hall–Kier alpha value is -2.92. The van der Waals surface area contributed by atoms with Crippen LogP contribution in [0.25, 0.3) is 0 Å². The molecule has 4 rings (SSSR count). The smallest absolute Gasteiger partial charge is 0.255 e. The fourth-order valence-corrected chi connectivity index (χ4v) is 4.48. The number of carbonyl (C=O) groups is 2. The van der Waals surface area contributed by atoms with Crippen molar-refractivity contribution in [3.05, 3.63) is 81.3 Å². The van der Waals surface area contributed by atoms with Gasteiger partial charge < -0.3 is 10.6 Å². The minimum absolute atomic E-state index is 0.0764. The fourth-order valence-electron chi connectivity index (χ4n) is 4.28. The average molecular weight is 422 g/mol. The molecule has 0 saturated carbocycles. The van der Waals surface area contributed by atoms with E-state index in [2.05, 4.69) is 22.5 Å². The number of Topliss-reactive ketones (excluding diaryl/α,β-unsaturated/α-hetero) is 1. The summed E-state index contributed by atoms with van der Waals surface area (Å²) in [6.07, 6.45) is 2.96. The van der Waals surface area contributed by atoms with Crippen molar-refractivity contribution < 1.29 is 9.59 Å². The molecular formula is C24H24ClN3O2. The van der Waals surface area contributed by atoms with Crippen molar-refractivity contribution in [2.45, 2.75) is 39.5 Å². The number of amides is 1. The number of rotatable bonds is 3. The number of nitrogens with one attached hydrogen (secondary N) is 2. The lowest BCUT2D eigenvalue weighted by Crippen LogP contribution is -2.37. The second-order valence-electron chi connectivity index (χ2n) is 8.16. The molecule has 1 aliphatic carbocycles. The third kappa shape index (κ3) is 3.90. The van der Waals surface area contributed by atoms with Crippen LogP contribution in [0.3, 0.4) is 0 Å². The number of aromatic nitrogens is 1. The van der Waals surface area contributed by atoms with Gasteiger partial charge in [-0.1, -0.05) is 36.7 Å². The molecule has 2 heterocycles. The lowest BCUT2D eigenvalue weighted by atomic mass is 9.73. The first-order chi connectivity index (χ1) is 14.3. The molecule has 1 aromatic heterocycles. The van der Waals surface area contributed by atoms with E-state index in [4.69, 9.17) is 11.6 Å². The monoisotopic (exact) mass is 421 g/mol. The van der Waals surface area contributed by atoms with E-state index in [1.165, 1.54) is 0 Å². The van der Waals surface area contributed by atoms with Gasteiger partial charge in [0, 0.05) is 46.1 Å². The van der Waals surface area contributed by atoms with E-state index in [-0.39, 0.29) is 17.6 Å². The van der Waals surface area contributed by atoms with Crippen LogP contribution >= 0.6 is 11.6 Å². The lowest BCUT2D eigenvalue weighted by molar-refractivity contribution is -0.117. The van der Waals surface area contributed by atoms with Crippen molar-refractivity contribution in [1.29, 1.82) is 0 Å². The lowest BCUT2D eigenvalue weighted by Gasteiger charge is -2.36. The van der Waals surface area contributed by atoms with Gasteiger partial charge in [0.2, 0.25) is 0 Å². The van der Waals surface area contributed by atoms with Crippen molar-refractivity contribution in [2.24, 2.45) is 5.92 Å². The third-order valence-electron chi connectivity index (χ3n) is 5.61. The minimum atomic E-state index is -0.467. The summed E-state index contributed by atoms with van der Waals surface area (Å²) < 4.78 is 0. The Kier molecular flexibility index (Phi) is 5.48. The number of carbonyl (C=O) groups excluding carboxylic acids is 2. The highest BCUT2D eigenvalue weighted by molar-refractivity contribution is 6.30. The number of allylic oxidation sites excluding steroid dienone is 3. The molecule has 2 N–H and O–H groups in total. The maximum Gasteiger partial charge on any atom is 0.255 e. The van der Waals surface area contributed by atoms with Crippen LogP contribution in [0.4, 0.5) is 5.82 Å². The summed E-state index contributed by atoms with van der Waals surface area (Å²) >= 11 is 6.26. The standard InChI is InChI=1S/C24H24ClN3O2/c1-13-7-8-20(26-12-13)28-24(30)21-15(3)27-18-9-14(2)10-19(29)23(18)22(21)16-5-4-6-17(25)11-16/h4-8,11-12,14,22,27H,9-10H2,1-3H3,(H,26,28,30)/t14-,22-/m1/s1. The zero-order chi connectivity index (χ0) is 21.4. The Labute approximate surface area is 181 Å². The molecule has 0 unspecified atom stereocenters. The number of dihydropyridines is 1. The van der Waals surface area contributed by atoms with Gasteiger partial charge in [-0.2, -0.15) is 0 Å². The zero-order valence-electron chi connectivity index (χ0n) is 17.3. The predicted octanol–water partition coefficient (Wildman–Crippen LogP) is 4.90. The first kappa shape index (κ1) is 20.4. The highest BCUT2D eigenvalue weighted by atomic mass is 35.5. The summed E-state index contributed by atoms with van der Waals surface area (Å²) in [7, 11) is 0. The SMILES string of the molecule is CC1=C(C(=O)Nc2ccc(C)cn2)[C@@H](c2cccc(Cl)c2)C2=C(C[C@@H](C)CC2=O)N1. The van der Waals surface area contributed by atoms with Gasteiger partial charge in [-0.3, -0.25) is 9.59 Å². The number of hydrogen-bond donors (Lipinski definition) is 2. The van der Waals surface area contributed by atoms with E-state index in [1.807, 2.05) is 38.1 Å². The summed E-state index contributed by atoms with van der Waals surface area (Å²) in [6, 6.07) is 11.1. The normalized spacial score (nSPS) is 21.3. The molecular weight excluding hydrogens is 398 g/mol. The van der Waals surface area contributed by atoms with Crippen LogP contribution in [0.1, 0.15) is 43.7 Å². The molecule has 2 aliphatic rings. The molecule has 0 bridgehead atoms. The summed E-state index contributed by atoms with van der Waals surface area (Å²) in [5, 5.41) is 6.80. The summed E-state index contributed by atoms with van der Waals surface area (Å²) in [4.78, 5) is 30.7. The van der Waals surface area contributed by atoms with Gasteiger partial charge in [-0.15, -0.1) is 0 Å². The van der Waals surface area contributed by atoms with Crippen LogP contribution in [0.15, 0.2) is 65.1 Å². The van der Waals surface area contributed by atoms with Gasteiger partial charge >= 0.3 is 0 Å². The Morgan fingerprint density at radius 1 is 1.20 bits per heavy atom. The number of nitrogens with zero attached hydrogens (tertiary/aromatic N) is 1. The van der Waals surface area contributed by atoms with Gasteiger partial charge in [-0.25, -0.2) is 4.98 Å². The van der Waals surface area contributed by atoms with Crippen molar-refractivity contribution in [3.8, 4) is 0 Å². The van der Waals surface area contributed by atoms with Crippen molar-refractivity contribution in [1.82, 2.24) is 10.3 Å². The second kappa shape index (κ2) is 8.07. The highest BCUT2D eigenvalue weighted by Crippen LogP contribution is 2.43. The topological polar surface area (TPSA) is 71.1 Å². The molecule has 2 atom stereocenters. The fraction of sp³-hybridized carbons (Fsp3) is 0.292. The largest absolute Gasteiger partial charge is 0.362 e. The van der Waals surface area contributed by atoms with E-state index in [0.717, 1.165) is 28.9 Å².